The highest BCUT2D eigenvalue weighted by Crippen LogP contribution is 2.46. The predicted molar refractivity (Wildman–Crippen MR) is 114 cm³/mol. The molecule has 0 heterocycles. The highest BCUT2D eigenvalue weighted by Gasteiger charge is 2.40. The summed E-state index contributed by atoms with van der Waals surface area (Å²) in [6.45, 7) is 4.22. The van der Waals surface area contributed by atoms with Crippen molar-refractivity contribution >= 4 is 29.0 Å². The Hall–Kier alpha value is -2.29. The third-order valence-electron chi connectivity index (χ3n) is 5.16. The average molecular weight is 411 g/mol. The summed E-state index contributed by atoms with van der Waals surface area (Å²) >= 11 is 12.8. The standard InChI is InChI=1S/C24H20Cl2O2/c1-24(2)13-18-12-19(21(25)22(26)20(18)23(24)27)28-14-15-7-6-10-17(11-15)16-8-4-3-5-9-16/h3-12H,13-14H2,1-2H3. The van der Waals surface area contributed by atoms with Gasteiger partial charge in [0.15, 0.2) is 5.78 Å². The zero-order valence-corrected chi connectivity index (χ0v) is 17.3. The lowest BCUT2D eigenvalue weighted by Gasteiger charge is -2.13. The van der Waals surface area contributed by atoms with Crippen LogP contribution < -0.4 is 4.74 Å². The van der Waals surface area contributed by atoms with E-state index in [0.29, 0.717) is 34.4 Å². The molecular formula is C24H20Cl2O2. The summed E-state index contributed by atoms with van der Waals surface area (Å²) in [5.74, 6) is 0.553. The van der Waals surface area contributed by atoms with Gasteiger partial charge in [0.1, 0.15) is 17.4 Å². The number of carbonyl (C=O) groups excluding carboxylic acids is 1. The molecule has 0 aromatic heterocycles. The summed E-state index contributed by atoms with van der Waals surface area (Å²) in [7, 11) is 0. The van der Waals surface area contributed by atoms with Gasteiger partial charge in [-0.3, -0.25) is 4.79 Å². The van der Waals surface area contributed by atoms with E-state index < -0.39 is 5.41 Å². The third kappa shape index (κ3) is 3.43. The summed E-state index contributed by atoms with van der Waals surface area (Å²) in [5, 5.41) is 0.591. The van der Waals surface area contributed by atoms with Gasteiger partial charge in [-0.15, -0.1) is 0 Å². The normalized spacial score (nSPS) is 14.8. The van der Waals surface area contributed by atoms with Crippen LogP contribution in [0.1, 0.15) is 35.3 Å². The second kappa shape index (κ2) is 7.27. The van der Waals surface area contributed by atoms with Crippen LogP contribution in [-0.2, 0) is 13.0 Å². The van der Waals surface area contributed by atoms with Gasteiger partial charge in [0, 0.05) is 11.0 Å². The fraction of sp³-hybridized carbons (Fsp3) is 0.208. The number of hydrogen-bond donors (Lipinski definition) is 0. The molecule has 28 heavy (non-hydrogen) atoms. The van der Waals surface area contributed by atoms with Gasteiger partial charge in [0.25, 0.3) is 0 Å². The SMILES string of the molecule is CC1(C)Cc2cc(OCc3cccc(-c4ccccc4)c3)c(Cl)c(Cl)c2C1=O. The fourth-order valence-electron chi connectivity index (χ4n) is 3.67. The molecule has 4 rings (SSSR count). The molecule has 2 nitrogen and oxygen atoms in total. The van der Waals surface area contributed by atoms with Crippen LogP contribution >= 0.6 is 23.2 Å². The summed E-state index contributed by atoms with van der Waals surface area (Å²) in [4.78, 5) is 12.6. The number of Topliss-reactive ketones (excluding diaryl/α,β-unsaturated/α-hetero) is 1. The molecule has 0 fully saturated rings. The molecule has 0 atom stereocenters. The average Bonchev–Trinajstić information content (AvgIpc) is 2.93. The first kappa shape index (κ1) is 19.0. The van der Waals surface area contributed by atoms with E-state index >= 15 is 0 Å². The molecule has 3 aromatic carbocycles. The van der Waals surface area contributed by atoms with Gasteiger partial charge >= 0.3 is 0 Å². The Balaban J connectivity index is 1.59. The van der Waals surface area contributed by atoms with E-state index in [0.717, 1.165) is 22.3 Å². The minimum absolute atomic E-state index is 0.0384. The van der Waals surface area contributed by atoms with Crippen LogP contribution in [0.5, 0.6) is 5.75 Å². The Morgan fingerprint density at radius 2 is 1.64 bits per heavy atom. The first-order valence-electron chi connectivity index (χ1n) is 9.19. The number of hydrogen-bond acceptors (Lipinski definition) is 2. The van der Waals surface area contributed by atoms with Gasteiger partial charge < -0.3 is 4.74 Å². The van der Waals surface area contributed by atoms with E-state index in [2.05, 4.69) is 24.3 Å². The molecule has 4 heteroatoms. The summed E-state index contributed by atoms with van der Waals surface area (Å²) < 4.78 is 6.00. The lowest BCUT2D eigenvalue weighted by atomic mass is 9.89. The summed E-state index contributed by atoms with van der Waals surface area (Å²) in [6, 6.07) is 20.3. The van der Waals surface area contributed by atoms with Crippen LogP contribution in [-0.4, -0.2) is 5.78 Å². The van der Waals surface area contributed by atoms with E-state index in [1.54, 1.807) is 0 Å². The Labute approximate surface area is 175 Å². The van der Waals surface area contributed by atoms with E-state index in [4.69, 9.17) is 27.9 Å². The second-order valence-corrected chi connectivity index (χ2v) is 8.54. The van der Waals surface area contributed by atoms with Gasteiger partial charge in [0.2, 0.25) is 0 Å². The minimum Gasteiger partial charge on any atom is -0.487 e. The molecule has 142 valence electrons. The Morgan fingerprint density at radius 1 is 0.929 bits per heavy atom. The molecule has 0 aliphatic heterocycles. The maximum atomic E-state index is 12.6. The van der Waals surface area contributed by atoms with Crippen LogP contribution in [0, 0.1) is 5.41 Å². The van der Waals surface area contributed by atoms with Crippen molar-refractivity contribution in [2.75, 3.05) is 0 Å². The van der Waals surface area contributed by atoms with Crippen molar-refractivity contribution in [3.63, 3.8) is 0 Å². The van der Waals surface area contributed by atoms with Gasteiger partial charge in [-0.1, -0.05) is 85.6 Å². The molecule has 0 spiro atoms. The highest BCUT2D eigenvalue weighted by molar-refractivity contribution is 6.45. The van der Waals surface area contributed by atoms with E-state index in [1.807, 2.05) is 50.2 Å². The molecule has 3 aromatic rings. The van der Waals surface area contributed by atoms with Crippen molar-refractivity contribution in [3.8, 4) is 16.9 Å². The number of ether oxygens (including phenoxy) is 1. The maximum Gasteiger partial charge on any atom is 0.170 e. The van der Waals surface area contributed by atoms with E-state index in [-0.39, 0.29) is 5.78 Å². The maximum absolute atomic E-state index is 12.6. The van der Waals surface area contributed by atoms with Crippen molar-refractivity contribution in [2.45, 2.75) is 26.9 Å². The molecular weight excluding hydrogens is 391 g/mol. The van der Waals surface area contributed by atoms with Gasteiger partial charge in [-0.05, 0) is 40.8 Å². The molecule has 0 saturated heterocycles. The lowest BCUT2D eigenvalue weighted by molar-refractivity contribution is 0.0863. The molecule has 0 saturated carbocycles. The smallest absolute Gasteiger partial charge is 0.170 e. The third-order valence-corrected chi connectivity index (χ3v) is 6.01. The van der Waals surface area contributed by atoms with Crippen LogP contribution in [0.2, 0.25) is 10.0 Å². The first-order valence-corrected chi connectivity index (χ1v) is 9.95. The van der Waals surface area contributed by atoms with E-state index in [1.165, 1.54) is 0 Å². The molecule has 0 bridgehead atoms. The molecule has 0 N–H and O–H groups in total. The quantitative estimate of drug-likeness (QED) is 0.462. The number of carbonyl (C=O) groups is 1. The van der Waals surface area contributed by atoms with Gasteiger partial charge in [-0.25, -0.2) is 0 Å². The molecule has 1 aliphatic carbocycles. The van der Waals surface area contributed by atoms with Crippen molar-refractivity contribution in [3.05, 3.63) is 87.4 Å². The lowest BCUT2D eigenvalue weighted by Crippen LogP contribution is -2.19. The minimum atomic E-state index is -0.460. The van der Waals surface area contributed by atoms with Crippen LogP contribution in [0.15, 0.2) is 60.7 Å². The van der Waals surface area contributed by atoms with Crippen LogP contribution in [0.4, 0.5) is 0 Å². The van der Waals surface area contributed by atoms with Crippen molar-refractivity contribution < 1.29 is 9.53 Å². The first-order chi connectivity index (χ1) is 13.4. The largest absolute Gasteiger partial charge is 0.487 e. The van der Waals surface area contributed by atoms with Gasteiger partial charge in [-0.2, -0.15) is 0 Å². The predicted octanol–water partition coefficient (Wildman–Crippen LogP) is 7.00. The van der Waals surface area contributed by atoms with Crippen molar-refractivity contribution in [2.24, 2.45) is 5.41 Å². The fourth-order valence-corrected chi connectivity index (χ4v) is 4.17. The number of fused-ring (bicyclic) bond motifs is 1. The number of ketones is 1. The van der Waals surface area contributed by atoms with Crippen molar-refractivity contribution in [1.82, 2.24) is 0 Å². The monoisotopic (exact) mass is 410 g/mol. The summed E-state index contributed by atoms with van der Waals surface area (Å²) in [5.41, 5.74) is 4.30. The highest BCUT2D eigenvalue weighted by atomic mass is 35.5. The number of halogens is 2. The molecule has 1 aliphatic rings. The Kier molecular flexibility index (Phi) is 4.95. The van der Waals surface area contributed by atoms with Crippen molar-refractivity contribution in [1.29, 1.82) is 0 Å². The Morgan fingerprint density at radius 3 is 2.39 bits per heavy atom. The van der Waals surface area contributed by atoms with Crippen LogP contribution in [0.25, 0.3) is 11.1 Å². The van der Waals surface area contributed by atoms with Gasteiger partial charge in [0.05, 0.1) is 5.02 Å². The number of benzene rings is 3. The molecule has 0 amide bonds. The number of rotatable bonds is 4. The topological polar surface area (TPSA) is 26.3 Å². The van der Waals surface area contributed by atoms with E-state index in [9.17, 15) is 4.79 Å². The Bertz CT molecular complexity index is 1060. The van der Waals surface area contributed by atoms with Crippen LogP contribution in [0.3, 0.4) is 0 Å². The molecule has 0 unspecified atom stereocenters. The summed E-state index contributed by atoms with van der Waals surface area (Å²) in [6.07, 6.45) is 0.637. The molecule has 0 radical (unpaired) electrons. The zero-order valence-electron chi connectivity index (χ0n) is 15.8. The zero-order chi connectivity index (χ0) is 19.9. The second-order valence-electron chi connectivity index (χ2n) is 7.78.